The third kappa shape index (κ3) is 2.95. The van der Waals surface area contributed by atoms with Crippen molar-refractivity contribution in [3.05, 3.63) is 17.5 Å². The number of hydrogen-bond acceptors (Lipinski definition) is 5. The Balaban J connectivity index is 2.09. The molecule has 0 spiro atoms. The largest absolute Gasteiger partial charge is 0.352 e. The van der Waals surface area contributed by atoms with Crippen molar-refractivity contribution in [1.82, 2.24) is 15.3 Å². The second kappa shape index (κ2) is 5.30. The molecule has 1 atom stereocenters. The molecule has 0 aromatic carbocycles. The molecule has 18 heavy (non-hydrogen) atoms. The monoisotopic (exact) mass is 249 g/mol. The van der Waals surface area contributed by atoms with Crippen molar-refractivity contribution in [2.75, 3.05) is 18.0 Å². The highest BCUT2D eigenvalue weighted by Crippen LogP contribution is 2.17. The predicted molar refractivity (Wildman–Crippen MR) is 69.1 cm³/mol. The summed E-state index contributed by atoms with van der Waals surface area (Å²) >= 11 is 0. The first-order valence-electron chi connectivity index (χ1n) is 6.15. The van der Waals surface area contributed by atoms with Crippen LogP contribution in [0.15, 0.2) is 6.07 Å². The maximum absolute atomic E-state index is 11.0. The van der Waals surface area contributed by atoms with E-state index in [1.807, 2.05) is 13.0 Å². The van der Waals surface area contributed by atoms with E-state index in [4.69, 9.17) is 5.73 Å². The van der Waals surface area contributed by atoms with Gasteiger partial charge in [-0.25, -0.2) is 9.97 Å². The van der Waals surface area contributed by atoms with Gasteiger partial charge in [0.1, 0.15) is 0 Å². The first kappa shape index (κ1) is 12.8. The zero-order valence-electron chi connectivity index (χ0n) is 10.8. The zero-order chi connectivity index (χ0) is 13.1. The van der Waals surface area contributed by atoms with Crippen molar-refractivity contribution >= 4 is 11.9 Å². The lowest BCUT2D eigenvalue weighted by Crippen LogP contribution is -2.36. The second-order valence-electron chi connectivity index (χ2n) is 4.64. The molecule has 1 aromatic heterocycles. The third-order valence-electron chi connectivity index (χ3n) is 2.98. The van der Waals surface area contributed by atoms with Crippen molar-refractivity contribution in [3.8, 4) is 0 Å². The highest BCUT2D eigenvalue weighted by Gasteiger charge is 2.25. The number of anilines is 1. The van der Waals surface area contributed by atoms with Crippen LogP contribution in [0.3, 0.4) is 0 Å². The van der Waals surface area contributed by atoms with Gasteiger partial charge in [-0.05, 0) is 19.4 Å². The van der Waals surface area contributed by atoms with Gasteiger partial charge in [0.25, 0.3) is 0 Å². The Kier molecular flexibility index (Phi) is 3.76. The Morgan fingerprint density at radius 3 is 3.06 bits per heavy atom. The number of aryl methyl sites for hydroxylation is 1. The molecular formula is C12H19N5O. The summed E-state index contributed by atoms with van der Waals surface area (Å²) in [5, 5.41) is 2.92. The van der Waals surface area contributed by atoms with Gasteiger partial charge in [-0.1, -0.05) is 0 Å². The van der Waals surface area contributed by atoms with Crippen LogP contribution in [0.1, 0.15) is 24.7 Å². The molecular weight excluding hydrogens is 230 g/mol. The number of nitrogens with one attached hydrogen (secondary N) is 1. The molecule has 6 heteroatoms. The Labute approximate surface area is 107 Å². The molecule has 0 saturated carbocycles. The average molecular weight is 249 g/mol. The quantitative estimate of drug-likeness (QED) is 0.785. The molecule has 6 nitrogen and oxygen atoms in total. The van der Waals surface area contributed by atoms with Crippen molar-refractivity contribution in [2.45, 2.75) is 32.9 Å². The fourth-order valence-corrected chi connectivity index (χ4v) is 2.21. The van der Waals surface area contributed by atoms with Gasteiger partial charge in [-0.2, -0.15) is 0 Å². The van der Waals surface area contributed by atoms with E-state index in [0.717, 1.165) is 30.9 Å². The topological polar surface area (TPSA) is 84.1 Å². The van der Waals surface area contributed by atoms with E-state index in [-0.39, 0.29) is 11.9 Å². The summed E-state index contributed by atoms with van der Waals surface area (Å²) in [6, 6.07) is 2.08. The molecule has 0 radical (unpaired) electrons. The van der Waals surface area contributed by atoms with Crippen LogP contribution in [0.25, 0.3) is 0 Å². The van der Waals surface area contributed by atoms with Crippen LogP contribution in [0.5, 0.6) is 0 Å². The number of aromatic nitrogens is 2. The zero-order valence-corrected chi connectivity index (χ0v) is 10.8. The molecule has 98 valence electrons. The lowest BCUT2D eigenvalue weighted by molar-refractivity contribution is -0.119. The van der Waals surface area contributed by atoms with Gasteiger partial charge in [0.2, 0.25) is 11.9 Å². The van der Waals surface area contributed by atoms with Crippen molar-refractivity contribution < 1.29 is 4.79 Å². The van der Waals surface area contributed by atoms with Gasteiger partial charge in [0.05, 0.1) is 5.69 Å². The highest BCUT2D eigenvalue weighted by atomic mass is 16.1. The number of rotatable bonds is 3. The Morgan fingerprint density at radius 1 is 1.61 bits per heavy atom. The molecule has 2 rings (SSSR count). The number of nitrogens with two attached hydrogens (primary N) is 1. The summed E-state index contributed by atoms with van der Waals surface area (Å²) < 4.78 is 0. The number of hydrogen-bond donors (Lipinski definition) is 2. The molecule has 3 N–H and O–H groups in total. The SMILES string of the molecule is CC(=O)NC1CCN(c2nc(C)cc(CN)n2)C1. The smallest absolute Gasteiger partial charge is 0.225 e. The number of carbonyl (C=O) groups is 1. The Bertz CT molecular complexity index is 448. The number of nitrogens with zero attached hydrogens (tertiary/aromatic N) is 3. The van der Waals surface area contributed by atoms with E-state index in [1.54, 1.807) is 6.92 Å². The van der Waals surface area contributed by atoms with Gasteiger partial charge < -0.3 is 16.0 Å². The summed E-state index contributed by atoms with van der Waals surface area (Å²) in [7, 11) is 0. The Hall–Kier alpha value is -1.69. The minimum Gasteiger partial charge on any atom is -0.352 e. The van der Waals surface area contributed by atoms with E-state index >= 15 is 0 Å². The summed E-state index contributed by atoms with van der Waals surface area (Å²) in [5.41, 5.74) is 7.38. The van der Waals surface area contributed by atoms with Crippen LogP contribution in [0, 0.1) is 6.92 Å². The minimum absolute atomic E-state index is 0.00894. The van der Waals surface area contributed by atoms with Gasteiger partial charge in [-0.3, -0.25) is 4.79 Å². The predicted octanol–water partition coefficient (Wildman–Crippen LogP) is -0.0415. The number of amides is 1. The Morgan fingerprint density at radius 2 is 2.39 bits per heavy atom. The van der Waals surface area contributed by atoms with E-state index in [0.29, 0.717) is 12.5 Å². The molecule has 1 unspecified atom stereocenters. The average Bonchev–Trinajstić information content (AvgIpc) is 2.75. The summed E-state index contributed by atoms with van der Waals surface area (Å²) in [4.78, 5) is 22.0. The molecule has 1 aliphatic rings. The number of carbonyl (C=O) groups excluding carboxylic acids is 1. The van der Waals surface area contributed by atoms with E-state index < -0.39 is 0 Å². The molecule has 0 aliphatic carbocycles. The van der Waals surface area contributed by atoms with Crippen LogP contribution >= 0.6 is 0 Å². The van der Waals surface area contributed by atoms with Gasteiger partial charge in [0, 0.05) is 38.3 Å². The van der Waals surface area contributed by atoms with E-state index in [2.05, 4.69) is 20.2 Å². The first-order chi connectivity index (χ1) is 8.58. The summed E-state index contributed by atoms with van der Waals surface area (Å²) in [5.74, 6) is 0.720. The molecule has 1 amide bonds. The maximum atomic E-state index is 11.0. The van der Waals surface area contributed by atoms with Crippen molar-refractivity contribution in [2.24, 2.45) is 5.73 Å². The van der Waals surface area contributed by atoms with Crippen LogP contribution in [0.2, 0.25) is 0 Å². The van der Waals surface area contributed by atoms with Gasteiger partial charge in [0.15, 0.2) is 0 Å². The molecule has 0 bridgehead atoms. The maximum Gasteiger partial charge on any atom is 0.225 e. The standard InChI is InChI=1S/C12H19N5O/c1-8-5-11(6-13)16-12(14-8)17-4-3-10(7-17)15-9(2)18/h5,10H,3-4,6-7,13H2,1-2H3,(H,15,18). The molecule has 1 aliphatic heterocycles. The molecule has 1 saturated heterocycles. The third-order valence-corrected chi connectivity index (χ3v) is 2.98. The van der Waals surface area contributed by atoms with Crippen LogP contribution < -0.4 is 16.0 Å². The summed E-state index contributed by atoms with van der Waals surface area (Å²) in [6.45, 7) is 5.51. The van der Waals surface area contributed by atoms with Gasteiger partial charge >= 0.3 is 0 Å². The van der Waals surface area contributed by atoms with Crippen molar-refractivity contribution in [1.29, 1.82) is 0 Å². The van der Waals surface area contributed by atoms with Crippen LogP contribution in [0.4, 0.5) is 5.95 Å². The van der Waals surface area contributed by atoms with Crippen molar-refractivity contribution in [3.63, 3.8) is 0 Å². The van der Waals surface area contributed by atoms with Crippen LogP contribution in [-0.2, 0) is 11.3 Å². The fourth-order valence-electron chi connectivity index (χ4n) is 2.21. The van der Waals surface area contributed by atoms with E-state index in [1.165, 1.54) is 0 Å². The second-order valence-corrected chi connectivity index (χ2v) is 4.64. The van der Waals surface area contributed by atoms with Crippen LogP contribution in [-0.4, -0.2) is 35.0 Å². The normalized spacial score (nSPS) is 19.1. The fraction of sp³-hybridized carbons (Fsp3) is 0.583. The first-order valence-corrected chi connectivity index (χ1v) is 6.15. The summed E-state index contributed by atoms with van der Waals surface area (Å²) in [6.07, 6.45) is 0.925. The van der Waals surface area contributed by atoms with E-state index in [9.17, 15) is 4.79 Å². The lowest BCUT2D eigenvalue weighted by Gasteiger charge is -2.17. The lowest BCUT2D eigenvalue weighted by atomic mass is 10.3. The highest BCUT2D eigenvalue weighted by molar-refractivity contribution is 5.73. The van der Waals surface area contributed by atoms with Gasteiger partial charge in [-0.15, -0.1) is 0 Å². The molecule has 2 heterocycles. The molecule has 1 aromatic rings. The molecule has 1 fully saturated rings. The minimum atomic E-state index is 0.00894.